The molecule has 3 rings (SSSR count). The van der Waals surface area contributed by atoms with Gasteiger partial charge in [0.15, 0.2) is 0 Å². The molecule has 1 atom stereocenters. The Morgan fingerprint density at radius 2 is 1.82 bits per heavy atom. The molecule has 7 nitrogen and oxygen atoms in total. The molecule has 0 saturated carbocycles. The normalized spacial score (nSPS) is 15.3. The fourth-order valence-corrected chi connectivity index (χ4v) is 4.47. The van der Waals surface area contributed by atoms with Gasteiger partial charge in [0, 0.05) is 49.1 Å². The molecule has 0 spiro atoms. The summed E-state index contributed by atoms with van der Waals surface area (Å²) in [5, 5.41) is 11.3. The van der Waals surface area contributed by atoms with Crippen molar-refractivity contribution in [3.05, 3.63) is 58.6 Å². The quantitative estimate of drug-likeness (QED) is 0.407. The summed E-state index contributed by atoms with van der Waals surface area (Å²) in [4.78, 5) is 28.2. The lowest BCUT2D eigenvalue weighted by molar-refractivity contribution is -0.387. The highest BCUT2D eigenvalue weighted by Crippen LogP contribution is 2.31. The number of para-hydroxylation sites is 1. The molecule has 1 saturated heterocycles. The number of nitro groups is 1. The molecule has 0 radical (unpaired) electrons. The summed E-state index contributed by atoms with van der Waals surface area (Å²) in [6.45, 7) is 2.78. The van der Waals surface area contributed by atoms with Crippen LogP contribution in [0, 0.1) is 10.1 Å². The second-order valence-electron chi connectivity index (χ2n) is 6.33. The van der Waals surface area contributed by atoms with E-state index in [1.54, 1.807) is 17.0 Å². The van der Waals surface area contributed by atoms with Crippen molar-refractivity contribution >= 4 is 39.8 Å². The van der Waals surface area contributed by atoms with E-state index >= 15 is 0 Å². The van der Waals surface area contributed by atoms with Crippen molar-refractivity contribution in [1.82, 2.24) is 4.90 Å². The molecule has 28 heavy (non-hydrogen) atoms. The van der Waals surface area contributed by atoms with Crippen molar-refractivity contribution in [3.63, 3.8) is 0 Å². The van der Waals surface area contributed by atoms with Crippen LogP contribution < -0.4 is 4.90 Å². The number of amides is 1. The van der Waals surface area contributed by atoms with E-state index in [4.69, 9.17) is 0 Å². The van der Waals surface area contributed by atoms with Crippen molar-refractivity contribution in [2.75, 3.05) is 43.1 Å². The average Bonchev–Trinajstić information content (AvgIpc) is 2.72. The summed E-state index contributed by atoms with van der Waals surface area (Å²) in [5.74, 6) is 0.107. The minimum atomic E-state index is -1.29. The van der Waals surface area contributed by atoms with E-state index < -0.39 is 15.7 Å². The number of hydrogen-bond acceptors (Lipinski definition) is 6. The van der Waals surface area contributed by atoms with Gasteiger partial charge in [-0.1, -0.05) is 18.2 Å². The van der Waals surface area contributed by atoms with Crippen molar-refractivity contribution in [1.29, 1.82) is 0 Å². The highest BCUT2D eigenvalue weighted by molar-refractivity contribution is 8.00. The lowest BCUT2D eigenvalue weighted by Crippen LogP contribution is -2.49. The van der Waals surface area contributed by atoms with Crippen LogP contribution in [0.3, 0.4) is 0 Å². The number of thioether (sulfide) groups is 1. The highest BCUT2D eigenvalue weighted by atomic mass is 32.2. The molecule has 9 heteroatoms. The maximum atomic E-state index is 12.5. The van der Waals surface area contributed by atoms with Gasteiger partial charge in [0.05, 0.1) is 26.4 Å². The lowest BCUT2D eigenvalue weighted by Gasteiger charge is -2.36. The molecule has 1 amide bonds. The number of piperazine rings is 1. The largest absolute Gasteiger partial charge is 0.368 e. The summed E-state index contributed by atoms with van der Waals surface area (Å²) >= 11 is 1.15. The number of carbonyl (C=O) groups is 1. The number of hydrogen-bond donors (Lipinski definition) is 0. The standard InChI is InChI=1S/C19H21N3O4S2/c1-28(26)16-7-8-18(17(13-16)22(24)25)27-14-19(23)21-11-9-20(10-12-21)15-5-3-2-4-6-15/h2-8,13H,9-12,14H2,1H3. The Morgan fingerprint density at radius 1 is 1.14 bits per heavy atom. The molecular weight excluding hydrogens is 398 g/mol. The van der Waals surface area contributed by atoms with Gasteiger partial charge in [0.25, 0.3) is 5.69 Å². The zero-order valence-electron chi connectivity index (χ0n) is 15.4. The second-order valence-corrected chi connectivity index (χ2v) is 8.73. The average molecular weight is 420 g/mol. The van der Waals surface area contributed by atoms with Crippen LogP contribution in [0.4, 0.5) is 11.4 Å². The summed E-state index contributed by atoms with van der Waals surface area (Å²) in [6, 6.07) is 14.6. The Hall–Kier alpha value is -2.39. The van der Waals surface area contributed by atoms with Crippen LogP contribution in [0.1, 0.15) is 0 Å². The number of carbonyl (C=O) groups excluding carboxylic acids is 1. The molecule has 0 aliphatic carbocycles. The first-order valence-electron chi connectivity index (χ1n) is 8.78. The Balaban J connectivity index is 1.58. The number of nitro benzene ring substituents is 1. The van der Waals surface area contributed by atoms with Crippen LogP contribution in [0.5, 0.6) is 0 Å². The van der Waals surface area contributed by atoms with Crippen LogP contribution in [0.15, 0.2) is 58.3 Å². The third kappa shape index (κ3) is 4.90. The maximum absolute atomic E-state index is 12.5. The van der Waals surface area contributed by atoms with Gasteiger partial charge in [-0.15, -0.1) is 11.8 Å². The fraction of sp³-hybridized carbons (Fsp3) is 0.316. The predicted molar refractivity (Wildman–Crippen MR) is 111 cm³/mol. The van der Waals surface area contributed by atoms with Crippen molar-refractivity contribution < 1.29 is 13.9 Å². The van der Waals surface area contributed by atoms with Gasteiger partial charge in [0.1, 0.15) is 0 Å². The SMILES string of the molecule is CS(=O)c1ccc(SCC(=O)N2CCN(c3ccccc3)CC2)c([N+](=O)[O-])c1. The monoisotopic (exact) mass is 419 g/mol. The fourth-order valence-electron chi connectivity index (χ4n) is 3.02. The van der Waals surface area contributed by atoms with Gasteiger partial charge in [-0.05, 0) is 24.3 Å². The molecule has 1 aliphatic rings. The zero-order valence-corrected chi connectivity index (χ0v) is 17.1. The summed E-state index contributed by atoms with van der Waals surface area (Å²) in [7, 11) is -1.29. The molecule has 2 aromatic carbocycles. The first-order chi connectivity index (χ1) is 13.5. The molecule has 148 valence electrons. The first kappa shape index (κ1) is 20.3. The second kappa shape index (κ2) is 9.20. The van der Waals surface area contributed by atoms with Crippen LogP contribution in [-0.2, 0) is 15.6 Å². The number of nitrogens with zero attached hydrogens (tertiary/aromatic N) is 3. The minimum absolute atomic E-state index is 0.0323. The molecule has 0 N–H and O–H groups in total. The predicted octanol–water partition coefficient (Wildman–Crippen LogP) is 2.77. The van der Waals surface area contributed by atoms with E-state index in [0.29, 0.717) is 22.9 Å². The van der Waals surface area contributed by atoms with Crippen LogP contribution in [0.25, 0.3) is 0 Å². The third-order valence-electron chi connectivity index (χ3n) is 4.56. The molecule has 0 aromatic heterocycles. The Labute approximate surface area is 170 Å². The highest BCUT2D eigenvalue weighted by Gasteiger charge is 2.23. The Bertz CT molecular complexity index is 884. The van der Waals surface area contributed by atoms with Gasteiger partial charge in [-0.2, -0.15) is 0 Å². The summed E-state index contributed by atoms with van der Waals surface area (Å²) in [5.41, 5.74) is 1.03. The van der Waals surface area contributed by atoms with Crippen molar-refractivity contribution in [2.24, 2.45) is 0 Å². The van der Waals surface area contributed by atoms with E-state index in [0.717, 1.165) is 30.5 Å². The minimum Gasteiger partial charge on any atom is -0.368 e. The molecular formula is C19H21N3O4S2. The van der Waals surface area contributed by atoms with E-state index in [1.807, 2.05) is 18.2 Å². The van der Waals surface area contributed by atoms with Crippen molar-refractivity contribution in [2.45, 2.75) is 9.79 Å². The van der Waals surface area contributed by atoms with Gasteiger partial charge < -0.3 is 9.80 Å². The molecule has 1 heterocycles. The maximum Gasteiger partial charge on any atom is 0.284 e. The molecule has 1 unspecified atom stereocenters. The van der Waals surface area contributed by atoms with E-state index in [-0.39, 0.29) is 17.3 Å². The molecule has 0 bridgehead atoms. The van der Waals surface area contributed by atoms with Gasteiger partial charge in [-0.25, -0.2) is 0 Å². The molecule has 1 aliphatic heterocycles. The Kier molecular flexibility index (Phi) is 6.69. The lowest BCUT2D eigenvalue weighted by atomic mass is 10.2. The van der Waals surface area contributed by atoms with E-state index in [2.05, 4.69) is 17.0 Å². The van der Waals surface area contributed by atoms with Gasteiger partial charge in [0.2, 0.25) is 5.91 Å². The van der Waals surface area contributed by atoms with Gasteiger partial charge >= 0.3 is 0 Å². The molecule has 2 aromatic rings. The summed E-state index contributed by atoms with van der Waals surface area (Å²) < 4.78 is 11.6. The Morgan fingerprint density at radius 3 is 2.43 bits per heavy atom. The van der Waals surface area contributed by atoms with Crippen LogP contribution in [0.2, 0.25) is 0 Å². The molecule has 1 fully saturated rings. The third-order valence-corrected chi connectivity index (χ3v) is 6.53. The van der Waals surface area contributed by atoms with Crippen LogP contribution in [-0.4, -0.2) is 58.1 Å². The zero-order chi connectivity index (χ0) is 20.1. The topological polar surface area (TPSA) is 83.8 Å². The van der Waals surface area contributed by atoms with E-state index in [9.17, 15) is 19.1 Å². The summed E-state index contributed by atoms with van der Waals surface area (Å²) in [6.07, 6.45) is 1.48. The van der Waals surface area contributed by atoms with Crippen molar-refractivity contribution in [3.8, 4) is 0 Å². The van der Waals surface area contributed by atoms with Crippen LogP contribution >= 0.6 is 11.8 Å². The van der Waals surface area contributed by atoms with Gasteiger partial charge in [-0.3, -0.25) is 19.1 Å². The number of benzene rings is 2. The first-order valence-corrected chi connectivity index (χ1v) is 11.3. The number of rotatable bonds is 6. The number of anilines is 1. The smallest absolute Gasteiger partial charge is 0.284 e. The van der Waals surface area contributed by atoms with E-state index in [1.165, 1.54) is 12.3 Å².